The van der Waals surface area contributed by atoms with Gasteiger partial charge in [0.25, 0.3) is 0 Å². The first-order valence-electron chi connectivity index (χ1n) is 13.7. The molecular formula is C31H33Cl2N5O4. The average molecular weight is 611 g/mol. The molecule has 9 nitrogen and oxygen atoms in total. The minimum atomic E-state index is 0.248. The molecule has 0 radical (unpaired) electrons. The van der Waals surface area contributed by atoms with Crippen LogP contribution >= 0.6 is 23.2 Å². The van der Waals surface area contributed by atoms with Crippen LogP contribution in [-0.2, 0) is 16.2 Å². The van der Waals surface area contributed by atoms with Crippen LogP contribution in [0.25, 0.3) is 10.9 Å². The largest absolute Gasteiger partial charge is 0.493 e. The van der Waals surface area contributed by atoms with Crippen LogP contribution in [0, 0.1) is 0 Å². The zero-order chi connectivity index (χ0) is 29.3. The summed E-state index contributed by atoms with van der Waals surface area (Å²) in [6.07, 6.45) is 2.44. The molecule has 0 atom stereocenters. The maximum atomic E-state index is 6.21. The molecule has 1 saturated heterocycles. The van der Waals surface area contributed by atoms with Crippen molar-refractivity contribution in [1.82, 2.24) is 14.9 Å². The Bertz CT molecular complexity index is 1530. The molecule has 220 valence electrons. The van der Waals surface area contributed by atoms with E-state index in [4.69, 9.17) is 42.3 Å². The van der Waals surface area contributed by atoms with Gasteiger partial charge in [0.2, 0.25) is 0 Å². The summed E-state index contributed by atoms with van der Waals surface area (Å²) in [6, 6.07) is 16.9. The second-order valence-electron chi connectivity index (χ2n) is 9.79. The van der Waals surface area contributed by atoms with E-state index in [1.54, 1.807) is 19.2 Å². The number of nitrogens with one attached hydrogen (secondary N) is 1. The van der Waals surface area contributed by atoms with Crippen LogP contribution in [0.4, 0.5) is 11.5 Å². The molecule has 42 heavy (non-hydrogen) atoms. The van der Waals surface area contributed by atoms with Gasteiger partial charge in [-0.25, -0.2) is 9.97 Å². The zero-order valence-electron chi connectivity index (χ0n) is 23.6. The minimum Gasteiger partial charge on any atom is -0.493 e. The molecule has 1 N–H and O–H groups in total. The van der Waals surface area contributed by atoms with Crippen LogP contribution in [0.2, 0.25) is 10.0 Å². The van der Waals surface area contributed by atoms with Crippen molar-refractivity contribution < 1.29 is 19.0 Å². The lowest BCUT2D eigenvalue weighted by Crippen LogP contribution is -2.37. The van der Waals surface area contributed by atoms with Crippen LogP contribution in [0.15, 0.2) is 66.1 Å². The normalized spacial score (nSPS) is 14.1. The van der Waals surface area contributed by atoms with Crippen molar-refractivity contribution >= 4 is 51.3 Å². The van der Waals surface area contributed by atoms with Gasteiger partial charge in [-0.05, 0) is 49.2 Å². The predicted octanol–water partition coefficient (Wildman–Crippen LogP) is 6.73. The van der Waals surface area contributed by atoms with E-state index in [1.165, 1.54) is 6.33 Å². The molecule has 4 aromatic rings. The molecule has 0 bridgehead atoms. The van der Waals surface area contributed by atoms with Gasteiger partial charge in [-0.15, -0.1) is 0 Å². The fourth-order valence-electron chi connectivity index (χ4n) is 4.55. The highest BCUT2D eigenvalue weighted by Crippen LogP contribution is 2.35. The van der Waals surface area contributed by atoms with E-state index in [0.29, 0.717) is 34.0 Å². The molecule has 0 amide bonds. The maximum Gasteiger partial charge on any atom is 0.162 e. The van der Waals surface area contributed by atoms with Gasteiger partial charge in [0.15, 0.2) is 11.5 Å². The lowest BCUT2D eigenvalue weighted by molar-refractivity contribution is 0.0357. The highest BCUT2D eigenvalue weighted by molar-refractivity contribution is 6.35. The number of hydrogen-bond acceptors (Lipinski definition) is 9. The molecule has 2 heterocycles. The first kappa shape index (κ1) is 29.8. The SMILES string of the molecule is COc1cc2ncnc(Nc3ccc(/C(C)=N\OCc4ccc(Cl)cc4Cl)cc3)c2cc1OCCCN1CCOCC1. The molecule has 1 fully saturated rings. The number of halogens is 2. The number of fused-ring (bicyclic) bond motifs is 1. The number of anilines is 2. The Kier molecular flexibility index (Phi) is 10.3. The van der Waals surface area contributed by atoms with E-state index < -0.39 is 0 Å². The van der Waals surface area contributed by atoms with Crippen molar-refractivity contribution in [3.63, 3.8) is 0 Å². The zero-order valence-corrected chi connectivity index (χ0v) is 25.1. The van der Waals surface area contributed by atoms with Gasteiger partial charge in [0.05, 0.1) is 38.2 Å². The van der Waals surface area contributed by atoms with Crippen LogP contribution in [-0.4, -0.2) is 67.1 Å². The molecule has 3 aromatic carbocycles. The average Bonchev–Trinajstić information content (AvgIpc) is 3.01. The number of hydrogen-bond donors (Lipinski definition) is 1. The molecule has 5 rings (SSSR count). The smallest absolute Gasteiger partial charge is 0.162 e. The van der Waals surface area contributed by atoms with Crippen molar-refractivity contribution in [2.24, 2.45) is 5.16 Å². The lowest BCUT2D eigenvalue weighted by Gasteiger charge is -2.26. The van der Waals surface area contributed by atoms with Crippen molar-refractivity contribution in [1.29, 1.82) is 0 Å². The Labute approximate surface area is 255 Å². The minimum absolute atomic E-state index is 0.248. The Morgan fingerprint density at radius 1 is 1.02 bits per heavy atom. The summed E-state index contributed by atoms with van der Waals surface area (Å²) in [6.45, 7) is 7.20. The van der Waals surface area contributed by atoms with Crippen LogP contribution < -0.4 is 14.8 Å². The van der Waals surface area contributed by atoms with Gasteiger partial charge in [-0.2, -0.15) is 0 Å². The molecule has 1 aromatic heterocycles. The summed E-state index contributed by atoms with van der Waals surface area (Å²) in [5.41, 5.74) is 4.09. The highest BCUT2D eigenvalue weighted by atomic mass is 35.5. The van der Waals surface area contributed by atoms with Crippen molar-refractivity contribution in [2.75, 3.05) is 51.9 Å². The predicted molar refractivity (Wildman–Crippen MR) is 167 cm³/mol. The number of rotatable bonds is 12. The van der Waals surface area contributed by atoms with E-state index in [-0.39, 0.29) is 6.61 Å². The van der Waals surface area contributed by atoms with Crippen molar-refractivity contribution in [3.05, 3.63) is 82.1 Å². The van der Waals surface area contributed by atoms with Gasteiger partial charge in [-0.1, -0.05) is 46.6 Å². The molecular weight excluding hydrogens is 577 g/mol. The second kappa shape index (κ2) is 14.5. The Morgan fingerprint density at radius 2 is 1.83 bits per heavy atom. The van der Waals surface area contributed by atoms with Gasteiger partial charge >= 0.3 is 0 Å². The lowest BCUT2D eigenvalue weighted by atomic mass is 10.1. The Morgan fingerprint density at radius 3 is 2.60 bits per heavy atom. The van der Waals surface area contributed by atoms with Gasteiger partial charge < -0.3 is 24.4 Å². The number of benzene rings is 3. The van der Waals surface area contributed by atoms with E-state index in [9.17, 15) is 0 Å². The van der Waals surface area contributed by atoms with Gasteiger partial charge in [-0.3, -0.25) is 4.90 Å². The van der Waals surface area contributed by atoms with Gasteiger partial charge in [0, 0.05) is 52.4 Å². The van der Waals surface area contributed by atoms with E-state index in [1.807, 2.05) is 49.4 Å². The van der Waals surface area contributed by atoms with Crippen molar-refractivity contribution in [2.45, 2.75) is 20.0 Å². The third-order valence-electron chi connectivity index (χ3n) is 6.90. The fourth-order valence-corrected chi connectivity index (χ4v) is 5.02. The molecule has 1 aliphatic rings. The Hall–Kier alpha value is -3.63. The molecule has 11 heteroatoms. The molecule has 0 spiro atoms. The van der Waals surface area contributed by atoms with Crippen LogP contribution in [0.3, 0.4) is 0 Å². The van der Waals surface area contributed by atoms with E-state index in [2.05, 4.69) is 25.3 Å². The van der Waals surface area contributed by atoms with E-state index in [0.717, 1.165) is 72.7 Å². The summed E-state index contributed by atoms with van der Waals surface area (Å²) in [5.74, 6) is 1.97. The number of methoxy groups -OCH3 is 1. The van der Waals surface area contributed by atoms with Crippen LogP contribution in [0.5, 0.6) is 11.5 Å². The van der Waals surface area contributed by atoms with E-state index >= 15 is 0 Å². The summed E-state index contributed by atoms with van der Waals surface area (Å²) in [7, 11) is 1.63. The molecule has 1 aliphatic heterocycles. The fraction of sp³-hybridized carbons (Fsp3) is 0.323. The Balaban J connectivity index is 1.23. The van der Waals surface area contributed by atoms with Gasteiger partial charge in [0.1, 0.15) is 18.8 Å². The third kappa shape index (κ3) is 7.80. The number of morpholine rings is 1. The first-order valence-corrected chi connectivity index (χ1v) is 14.5. The maximum absolute atomic E-state index is 6.21. The summed E-state index contributed by atoms with van der Waals surface area (Å²) in [4.78, 5) is 16.9. The van der Waals surface area contributed by atoms with Crippen LogP contribution in [0.1, 0.15) is 24.5 Å². The number of aromatic nitrogens is 2. The summed E-state index contributed by atoms with van der Waals surface area (Å²) < 4.78 is 17.2. The summed E-state index contributed by atoms with van der Waals surface area (Å²) >= 11 is 12.2. The third-order valence-corrected chi connectivity index (χ3v) is 7.49. The number of oxime groups is 1. The number of nitrogens with zero attached hydrogens (tertiary/aromatic N) is 4. The number of ether oxygens (including phenoxy) is 3. The standard InChI is InChI=1S/C31H33Cl2N5O4/c1-21(37-42-19-23-4-7-24(32)16-27(23)33)22-5-8-25(9-6-22)36-31-26-17-30(29(39-2)18-28(26)34-20-35-31)41-13-3-10-38-11-14-40-15-12-38/h4-9,16-18,20H,3,10-15,19H2,1-2H3,(H,34,35,36)/b37-21-. The monoisotopic (exact) mass is 609 g/mol. The quantitative estimate of drug-likeness (QED) is 0.107. The second-order valence-corrected chi connectivity index (χ2v) is 10.6. The molecule has 0 aliphatic carbocycles. The summed E-state index contributed by atoms with van der Waals surface area (Å²) in [5, 5.41) is 9.60. The topological polar surface area (TPSA) is 90.3 Å². The van der Waals surface area contributed by atoms with Crippen molar-refractivity contribution in [3.8, 4) is 11.5 Å². The first-order chi connectivity index (χ1) is 20.5. The molecule has 0 unspecified atom stereocenters. The highest BCUT2D eigenvalue weighted by Gasteiger charge is 2.14. The molecule has 0 saturated carbocycles.